The van der Waals surface area contributed by atoms with E-state index in [1.54, 1.807) is 19.1 Å². The third-order valence-electron chi connectivity index (χ3n) is 2.78. The van der Waals surface area contributed by atoms with E-state index in [9.17, 15) is 4.39 Å². The van der Waals surface area contributed by atoms with Gasteiger partial charge in [-0.3, -0.25) is 0 Å². The maximum atomic E-state index is 13.3. The van der Waals surface area contributed by atoms with Crippen LogP contribution >= 0.6 is 27.5 Å². The minimum atomic E-state index is -0.235. The fourth-order valence-corrected chi connectivity index (χ4v) is 2.34. The van der Waals surface area contributed by atoms with E-state index in [4.69, 9.17) is 11.6 Å². The minimum Gasteiger partial charge on any atom is -0.232 e. The Labute approximate surface area is 125 Å². The molecule has 0 radical (unpaired) electrons. The lowest BCUT2D eigenvalue weighted by atomic mass is 10.1. The summed E-state index contributed by atoms with van der Waals surface area (Å²) in [5, 5.41) is 0.385. The second kappa shape index (κ2) is 5.97. The zero-order valence-electron chi connectivity index (χ0n) is 10.7. The van der Waals surface area contributed by atoms with Gasteiger partial charge in [0.1, 0.15) is 11.0 Å². The molecule has 0 spiro atoms. The predicted molar refractivity (Wildman–Crippen MR) is 78.9 cm³/mol. The Morgan fingerprint density at radius 2 is 2.05 bits per heavy atom. The van der Waals surface area contributed by atoms with E-state index in [0.29, 0.717) is 16.5 Å². The van der Waals surface area contributed by atoms with E-state index in [1.165, 1.54) is 6.07 Å². The number of halogens is 3. The summed E-state index contributed by atoms with van der Waals surface area (Å²) in [7, 11) is 0. The van der Waals surface area contributed by atoms with E-state index in [0.717, 1.165) is 28.6 Å². The second-order valence-electron chi connectivity index (χ2n) is 4.31. The maximum absolute atomic E-state index is 13.3. The summed E-state index contributed by atoms with van der Waals surface area (Å²) in [6.07, 6.45) is 1.78. The third kappa shape index (κ3) is 3.12. The highest BCUT2D eigenvalue weighted by Crippen LogP contribution is 2.28. The highest BCUT2D eigenvalue weighted by Gasteiger charge is 2.12. The van der Waals surface area contributed by atoms with Crippen LogP contribution in [-0.4, -0.2) is 9.97 Å². The van der Waals surface area contributed by atoms with Gasteiger partial charge in [-0.2, -0.15) is 0 Å². The van der Waals surface area contributed by atoms with Crippen molar-refractivity contribution in [2.24, 2.45) is 0 Å². The molecule has 100 valence electrons. The summed E-state index contributed by atoms with van der Waals surface area (Å²) < 4.78 is 14.0. The number of hydrogen-bond donors (Lipinski definition) is 0. The number of hydrogen-bond acceptors (Lipinski definition) is 2. The van der Waals surface area contributed by atoms with Gasteiger partial charge in [0, 0.05) is 5.56 Å². The molecule has 2 aromatic rings. The zero-order valence-corrected chi connectivity index (χ0v) is 13.0. The van der Waals surface area contributed by atoms with Crippen LogP contribution in [0.25, 0.3) is 11.4 Å². The number of rotatable bonds is 3. The Hall–Kier alpha value is -1.00. The lowest BCUT2D eigenvalue weighted by Gasteiger charge is -2.08. The van der Waals surface area contributed by atoms with Crippen molar-refractivity contribution < 1.29 is 4.39 Å². The van der Waals surface area contributed by atoms with E-state index >= 15 is 0 Å². The summed E-state index contributed by atoms with van der Waals surface area (Å²) in [6, 6.07) is 4.81. The normalized spacial score (nSPS) is 10.8. The fraction of sp³-hybridized carbons (Fsp3) is 0.286. The standard InChI is InChI=1S/C14H13BrClFN2/c1-3-4-11-12(15)13(16)19-14(18-11)9-5-6-10(17)8(2)7-9/h5-7H,3-4H2,1-2H3. The first-order valence-corrected chi connectivity index (χ1v) is 7.18. The van der Waals surface area contributed by atoms with Crippen LogP contribution in [0.15, 0.2) is 22.7 Å². The number of aryl methyl sites for hydroxylation is 2. The van der Waals surface area contributed by atoms with Gasteiger partial charge < -0.3 is 0 Å². The van der Waals surface area contributed by atoms with Crippen LogP contribution in [0.4, 0.5) is 4.39 Å². The highest BCUT2D eigenvalue weighted by atomic mass is 79.9. The number of benzene rings is 1. The first-order chi connectivity index (χ1) is 9.02. The van der Waals surface area contributed by atoms with E-state index in [-0.39, 0.29) is 5.82 Å². The average molecular weight is 344 g/mol. The smallest absolute Gasteiger partial charge is 0.161 e. The zero-order chi connectivity index (χ0) is 14.0. The maximum Gasteiger partial charge on any atom is 0.161 e. The molecule has 1 aromatic carbocycles. The monoisotopic (exact) mass is 342 g/mol. The van der Waals surface area contributed by atoms with Gasteiger partial charge in [0.05, 0.1) is 10.2 Å². The van der Waals surface area contributed by atoms with Crippen LogP contribution in [0, 0.1) is 12.7 Å². The van der Waals surface area contributed by atoms with Crippen molar-refractivity contribution in [1.82, 2.24) is 9.97 Å². The van der Waals surface area contributed by atoms with Crippen molar-refractivity contribution >= 4 is 27.5 Å². The third-order valence-corrected chi connectivity index (χ3v) is 4.12. The summed E-state index contributed by atoms with van der Waals surface area (Å²) >= 11 is 9.50. The van der Waals surface area contributed by atoms with Gasteiger partial charge in [0.15, 0.2) is 5.82 Å². The molecule has 0 unspecified atom stereocenters. The largest absolute Gasteiger partial charge is 0.232 e. The van der Waals surface area contributed by atoms with Crippen molar-refractivity contribution in [2.75, 3.05) is 0 Å². The molecule has 0 N–H and O–H groups in total. The molecule has 1 aromatic heterocycles. The Bertz CT molecular complexity index is 617. The quantitative estimate of drug-likeness (QED) is 0.736. The van der Waals surface area contributed by atoms with Crippen LogP contribution in [0.2, 0.25) is 5.15 Å². The lowest BCUT2D eigenvalue weighted by molar-refractivity contribution is 0.618. The fourth-order valence-electron chi connectivity index (χ4n) is 1.78. The average Bonchev–Trinajstić information content (AvgIpc) is 2.38. The van der Waals surface area contributed by atoms with Crippen LogP contribution in [0.1, 0.15) is 24.6 Å². The van der Waals surface area contributed by atoms with Gasteiger partial charge in [-0.1, -0.05) is 24.9 Å². The van der Waals surface area contributed by atoms with Crippen molar-refractivity contribution in [3.63, 3.8) is 0 Å². The van der Waals surface area contributed by atoms with Crippen molar-refractivity contribution in [3.8, 4) is 11.4 Å². The van der Waals surface area contributed by atoms with Crippen LogP contribution in [-0.2, 0) is 6.42 Å². The molecule has 0 bridgehead atoms. The Balaban J connectivity index is 2.52. The Morgan fingerprint density at radius 1 is 1.32 bits per heavy atom. The van der Waals surface area contributed by atoms with Crippen molar-refractivity contribution in [1.29, 1.82) is 0 Å². The second-order valence-corrected chi connectivity index (χ2v) is 5.46. The summed E-state index contributed by atoms with van der Waals surface area (Å²) in [5.41, 5.74) is 2.21. The van der Waals surface area contributed by atoms with Gasteiger partial charge >= 0.3 is 0 Å². The molecular weight excluding hydrogens is 331 g/mol. The van der Waals surface area contributed by atoms with E-state index in [1.807, 2.05) is 0 Å². The van der Waals surface area contributed by atoms with Crippen LogP contribution in [0.5, 0.6) is 0 Å². The van der Waals surface area contributed by atoms with E-state index < -0.39 is 0 Å². The number of aromatic nitrogens is 2. The van der Waals surface area contributed by atoms with Gasteiger partial charge in [0.25, 0.3) is 0 Å². The van der Waals surface area contributed by atoms with Gasteiger partial charge in [-0.15, -0.1) is 0 Å². The molecule has 0 aliphatic carbocycles. The first kappa shape index (κ1) is 14.4. The molecule has 0 amide bonds. The summed E-state index contributed by atoms with van der Waals surface area (Å²) in [6.45, 7) is 3.79. The molecule has 2 rings (SSSR count). The van der Waals surface area contributed by atoms with Crippen LogP contribution in [0.3, 0.4) is 0 Å². The molecular formula is C14H13BrClFN2. The van der Waals surface area contributed by atoms with Crippen molar-refractivity contribution in [2.45, 2.75) is 26.7 Å². The predicted octanol–water partition coefficient (Wildman–Crippen LogP) is 4.96. The van der Waals surface area contributed by atoms with Gasteiger partial charge in [-0.25, -0.2) is 14.4 Å². The van der Waals surface area contributed by atoms with Gasteiger partial charge in [-0.05, 0) is 53.0 Å². The topological polar surface area (TPSA) is 25.8 Å². The number of nitrogens with zero attached hydrogens (tertiary/aromatic N) is 2. The minimum absolute atomic E-state index is 0.235. The Kier molecular flexibility index (Phi) is 4.53. The van der Waals surface area contributed by atoms with Crippen molar-refractivity contribution in [3.05, 3.63) is 44.9 Å². The molecule has 0 aliphatic heterocycles. The molecule has 2 nitrogen and oxygen atoms in total. The highest BCUT2D eigenvalue weighted by molar-refractivity contribution is 9.10. The molecule has 5 heteroatoms. The first-order valence-electron chi connectivity index (χ1n) is 6.01. The lowest BCUT2D eigenvalue weighted by Crippen LogP contribution is -1.99. The summed E-state index contributed by atoms with van der Waals surface area (Å²) in [4.78, 5) is 8.74. The molecule has 0 aliphatic rings. The summed E-state index contributed by atoms with van der Waals surface area (Å²) in [5.74, 6) is 0.292. The molecule has 1 heterocycles. The molecule has 19 heavy (non-hydrogen) atoms. The molecule has 0 fully saturated rings. The Morgan fingerprint density at radius 3 is 2.68 bits per heavy atom. The molecule has 0 atom stereocenters. The molecule has 0 saturated heterocycles. The molecule has 0 saturated carbocycles. The SMILES string of the molecule is CCCc1nc(-c2ccc(F)c(C)c2)nc(Cl)c1Br. The van der Waals surface area contributed by atoms with E-state index in [2.05, 4.69) is 32.8 Å². The van der Waals surface area contributed by atoms with Gasteiger partial charge in [0.2, 0.25) is 0 Å². The van der Waals surface area contributed by atoms with Crippen LogP contribution < -0.4 is 0 Å².